The number of likely N-dealkylation sites (tertiary alicyclic amines) is 2. The van der Waals surface area contributed by atoms with Gasteiger partial charge in [-0.2, -0.15) is 0 Å². The van der Waals surface area contributed by atoms with Crippen LogP contribution in [-0.2, 0) is 4.79 Å². The Morgan fingerprint density at radius 2 is 1.54 bits per heavy atom. The number of aryl methyl sites for hydroxylation is 1. The Morgan fingerprint density at radius 3 is 2.20 bits per heavy atom. The summed E-state index contributed by atoms with van der Waals surface area (Å²) in [6.45, 7) is 4.52. The summed E-state index contributed by atoms with van der Waals surface area (Å²) in [4.78, 5) is 43.5. The zero-order chi connectivity index (χ0) is 24.8. The van der Waals surface area contributed by atoms with Gasteiger partial charge in [-0.3, -0.25) is 14.4 Å². The van der Waals surface area contributed by atoms with Gasteiger partial charge in [-0.1, -0.05) is 29.8 Å². The first-order chi connectivity index (χ1) is 17.0. The predicted molar refractivity (Wildman–Crippen MR) is 134 cm³/mol. The largest absolute Gasteiger partial charge is 0.496 e. The number of benzene rings is 2. The minimum atomic E-state index is -0.592. The van der Waals surface area contributed by atoms with Crippen LogP contribution in [-0.4, -0.2) is 66.9 Å². The maximum Gasteiger partial charge on any atom is 0.257 e. The van der Waals surface area contributed by atoms with Gasteiger partial charge in [-0.15, -0.1) is 0 Å². The van der Waals surface area contributed by atoms with Gasteiger partial charge in [0.1, 0.15) is 11.8 Å². The molecule has 2 aliphatic heterocycles. The summed E-state index contributed by atoms with van der Waals surface area (Å²) in [6, 6.07) is 14.0. The molecule has 2 heterocycles. The molecule has 2 aliphatic rings. The van der Waals surface area contributed by atoms with Gasteiger partial charge in [0.05, 0.1) is 12.7 Å². The van der Waals surface area contributed by atoms with Gasteiger partial charge in [0.15, 0.2) is 0 Å². The first-order valence-electron chi connectivity index (χ1n) is 12.6. The van der Waals surface area contributed by atoms with Crippen molar-refractivity contribution in [2.24, 2.45) is 5.92 Å². The molecule has 1 N–H and O–H groups in total. The summed E-state index contributed by atoms with van der Waals surface area (Å²) < 4.78 is 5.36. The highest BCUT2D eigenvalue weighted by Gasteiger charge is 2.37. The lowest BCUT2D eigenvalue weighted by molar-refractivity contribution is -0.136. The molecular weight excluding hydrogens is 442 g/mol. The summed E-state index contributed by atoms with van der Waals surface area (Å²) in [5, 5.41) is 3.06. The van der Waals surface area contributed by atoms with Crippen molar-refractivity contribution < 1.29 is 19.1 Å². The fourth-order valence-electron chi connectivity index (χ4n) is 5.05. The average Bonchev–Trinajstić information content (AvgIpc) is 2.91. The van der Waals surface area contributed by atoms with E-state index in [1.165, 1.54) is 0 Å². The van der Waals surface area contributed by atoms with Crippen LogP contribution in [0.2, 0.25) is 0 Å². The molecule has 3 amide bonds. The molecule has 186 valence electrons. The van der Waals surface area contributed by atoms with Crippen molar-refractivity contribution in [3.8, 4) is 5.75 Å². The van der Waals surface area contributed by atoms with Crippen LogP contribution in [0.15, 0.2) is 48.5 Å². The van der Waals surface area contributed by atoms with Crippen LogP contribution in [0.3, 0.4) is 0 Å². The Morgan fingerprint density at radius 1 is 0.886 bits per heavy atom. The molecule has 0 radical (unpaired) electrons. The molecule has 2 saturated heterocycles. The van der Waals surface area contributed by atoms with Crippen LogP contribution in [0.4, 0.5) is 0 Å². The number of para-hydroxylation sites is 1. The molecule has 0 bridgehead atoms. The van der Waals surface area contributed by atoms with Crippen molar-refractivity contribution in [2.75, 3.05) is 33.3 Å². The average molecular weight is 478 g/mol. The number of hydrogen-bond acceptors (Lipinski definition) is 4. The fourth-order valence-corrected chi connectivity index (χ4v) is 5.05. The number of piperidine rings is 2. The SMILES string of the molecule is COc1ccccc1C(=O)N1CCC([C@@H](NC(=O)c2ccc(C)cc2)C(=O)N2CCCCC2)CC1. The minimum absolute atomic E-state index is 0.000308. The van der Waals surface area contributed by atoms with Gasteiger partial charge in [-0.05, 0) is 69.2 Å². The third-order valence-electron chi connectivity index (χ3n) is 7.17. The van der Waals surface area contributed by atoms with E-state index < -0.39 is 6.04 Å². The van der Waals surface area contributed by atoms with E-state index >= 15 is 0 Å². The van der Waals surface area contributed by atoms with Gasteiger partial charge in [0.2, 0.25) is 5.91 Å². The lowest BCUT2D eigenvalue weighted by Crippen LogP contribution is -2.55. The smallest absolute Gasteiger partial charge is 0.257 e. The second kappa shape index (κ2) is 11.4. The number of carbonyl (C=O) groups is 3. The number of rotatable bonds is 6. The summed E-state index contributed by atoms with van der Waals surface area (Å²) >= 11 is 0. The van der Waals surface area contributed by atoms with E-state index in [-0.39, 0.29) is 23.6 Å². The molecule has 4 rings (SSSR count). The zero-order valence-electron chi connectivity index (χ0n) is 20.7. The lowest BCUT2D eigenvalue weighted by atomic mass is 9.87. The number of methoxy groups -OCH3 is 1. The minimum Gasteiger partial charge on any atom is -0.496 e. The summed E-state index contributed by atoms with van der Waals surface area (Å²) in [5.41, 5.74) is 2.17. The molecule has 1 atom stereocenters. The Bertz CT molecular complexity index is 1040. The van der Waals surface area contributed by atoms with E-state index in [2.05, 4.69) is 5.32 Å². The number of nitrogens with one attached hydrogen (secondary N) is 1. The van der Waals surface area contributed by atoms with Crippen molar-refractivity contribution in [1.82, 2.24) is 15.1 Å². The van der Waals surface area contributed by atoms with Crippen molar-refractivity contribution in [1.29, 1.82) is 0 Å². The Hall–Kier alpha value is -3.35. The van der Waals surface area contributed by atoms with Crippen LogP contribution in [0.5, 0.6) is 5.75 Å². The summed E-state index contributed by atoms with van der Waals surface area (Å²) in [7, 11) is 1.56. The molecule has 0 spiro atoms. The Kier molecular flexibility index (Phi) is 8.06. The lowest BCUT2D eigenvalue weighted by Gasteiger charge is -2.38. The number of carbonyl (C=O) groups excluding carboxylic acids is 3. The van der Waals surface area contributed by atoms with Gasteiger partial charge >= 0.3 is 0 Å². The van der Waals surface area contributed by atoms with E-state index in [0.717, 1.165) is 37.9 Å². The topological polar surface area (TPSA) is 79.0 Å². The fraction of sp³-hybridized carbons (Fsp3) is 0.464. The van der Waals surface area contributed by atoms with Crippen LogP contribution in [0.1, 0.15) is 58.4 Å². The number of amides is 3. The van der Waals surface area contributed by atoms with E-state index in [4.69, 9.17) is 4.74 Å². The maximum atomic E-state index is 13.6. The third kappa shape index (κ3) is 5.84. The van der Waals surface area contributed by atoms with Crippen molar-refractivity contribution in [3.05, 3.63) is 65.2 Å². The van der Waals surface area contributed by atoms with Crippen molar-refractivity contribution in [3.63, 3.8) is 0 Å². The highest BCUT2D eigenvalue weighted by molar-refractivity contribution is 5.98. The first-order valence-corrected chi connectivity index (χ1v) is 12.6. The van der Waals surface area contributed by atoms with Crippen LogP contribution in [0, 0.1) is 12.8 Å². The van der Waals surface area contributed by atoms with Crippen LogP contribution in [0.25, 0.3) is 0 Å². The second-order valence-electron chi connectivity index (χ2n) is 9.53. The van der Waals surface area contributed by atoms with E-state index in [1.54, 1.807) is 31.4 Å². The monoisotopic (exact) mass is 477 g/mol. The van der Waals surface area contributed by atoms with Crippen LogP contribution < -0.4 is 10.1 Å². The molecule has 0 aromatic heterocycles. The number of ether oxygens (including phenoxy) is 1. The normalized spacial score (nSPS) is 17.5. The Balaban J connectivity index is 1.47. The molecule has 0 saturated carbocycles. The van der Waals surface area contributed by atoms with E-state index in [1.807, 2.05) is 41.0 Å². The maximum absolute atomic E-state index is 13.6. The van der Waals surface area contributed by atoms with E-state index in [9.17, 15) is 14.4 Å². The summed E-state index contributed by atoms with van der Waals surface area (Å²) in [6.07, 6.45) is 4.43. The quantitative estimate of drug-likeness (QED) is 0.689. The van der Waals surface area contributed by atoms with Gasteiger partial charge < -0.3 is 19.9 Å². The highest BCUT2D eigenvalue weighted by Crippen LogP contribution is 2.27. The van der Waals surface area contributed by atoms with Crippen molar-refractivity contribution >= 4 is 17.7 Å². The molecule has 2 aromatic carbocycles. The zero-order valence-corrected chi connectivity index (χ0v) is 20.7. The first kappa shape index (κ1) is 24.8. The van der Waals surface area contributed by atoms with Gasteiger partial charge in [0.25, 0.3) is 11.8 Å². The predicted octanol–water partition coefficient (Wildman–Crippen LogP) is 3.67. The second-order valence-corrected chi connectivity index (χ2v) is 9.53. The van der Waals surface area contributed by atoms with E-state index in [0.29, 0.717) is 42.8 Å². The molecule has 2 aromatic rings. The Labute approximate surface area is 207 Å². The highest BCUT2D eigenvalue weighted by atomic mass is 16.5. The molecule has 35 heavy (non-hydrogen) atoms. The van der Waals surface area contributed by atoms with Crippen LogP contribution >= 0.6 is 0 Å². The van der Waals surface area contributed by atoms with Gasteiger partial charge in [0, 0.05) is 31.7 Å². The summed E-state index contributed by atoms with van der Waals surface area (Å²) in [5.74, 6) is 0.236. The third-order valence-corrected chi connectivity index (χ3v) is 7.17. The number of hydrogen-bond donors (Lipinski definition) is 1. The molecule has 2 fully saturated rings. The van der Waals surface area contributed by atoms with Gasteiger partial charge in [-0.25, -0.2) is 0 Å². The van der Waals surface area contributed by atoms with Crippen molar-refractivity contribution in [2.45, 2.75) is 45.1 Å². The molecule has 0 unspecified atom stereocenters. The molecule has 7 nitrogen and oxygen atoms in total. The molecule has 7 heteroatoms. The molecular formula is C28H35N3O4. The number of nitrogens with zero attached hydrogens (tertiary/aromatic N) is 2. The molecule has 0 aliphatic carbocycles. The standard InChI is InChI=1S/C28H35N3O4/c1-20-10-12-22(13-11-20)26(32)29-25(28(34)30-16-6-3-7-17-30)21-14-18-31(19-15-21)27(33)23-8-4-5-9-24(23)35-2/h4-5,8-13,21,25H,3,6-7,14-19H2,1-2H3,(H,29,32)/t25-/m1/s1.